The summed E-state index contributed by atoms with van der Waals surface area (Å²) in [5, 5.41) is 2.25. The summed E-state index contributed by atoms with van der Waals surface area (Å²) in [6, 6.07) is 0. The van der Waals surface area contributed by atoms with Crippen LogP contribution in [0.15, 0.2) is 17.4 Å². The standard InChI is InChI=1S/C8H8N4O2S/c9-6-8(11-2-1-10-6)15-4-3-5(13)12-7(4)14/h1-2,4H,3H2,(H2,9,10)(H,12,13,14). The fourth-order valence-corrected chi connectivity index (χ4v) is 2.15. The largest absolute Gasteiger partial charge is 0.381 e. The van der Waals surface area contributed by atoms with Crippen LogP contribution in [0.4, 0.5) is 5.82 Å². The van der Waals surface area contributed by atoms with Crippen LogP contribution in [0, 0.1) is 0 Å². The van der Waals surface area contributed by atoms with Crippen molar-refractivity contribution in [2.24, 2.45) is 0 Å². The van der Waals surface area contributed by atoms with Crippen molar-refractivity contribution in [3.63, 3.8) is 0 Å². The van der Waals surface area contributed by atoms with E-state index in [0.717, 1.165) is 11.8 Å². The van der Waals surface area contributed by atoms with Crippen LogP contribution in [-0.2, 0) is 9.59 Å². The topological polar surface area (TPSA) is 98.0 Å². The summed E-state index contributed by atoms with van der Waals surface area (Å²) >= 11 is 1.16. The Morgan fingerprint density at radius 3 is 2.73 bits per heavy atom. The Labute approximate surface area is 89.7 Å². The first-order valence-electron chi connectivity index (χ1n) is 4.23. The number of nitrogens with two attached hydrogens (primary N) is 1. The molecular weight excluding hydrogens is 216 g/mol. The Morgan fingerprint density at radius 1 is 1.40 bits per heavy atom. The van der Waals surface area contributed by atoms with Gasteiger partial charge in [-0.3, -0.25) is 14.9 Å². The van der Waals surface area contributed by atoms with Gasteiger partial charge in [0.25, 0.3) is 0 Å². The minimum Gasteiger partial charge on any atom is -0.381 e. The first-order chi connectivity index (χ1) is 7.16. The average Bonchev–Trinajstić information content (AvgIpc) is 2.49. The van der Waals surface area contributed by atoms with Gasteiger partial charge in [0.1, 0.15) is 5.03 Å². The van der Waals surface area contributed by atoms with E-state index in [1.165, 1.54) is 12.4 Å². The number of nitrogen functional groups attached to an aromatic ring is 1. The zero-order valence-electron chi connectivity index (χ0n) is 7.64. The van der Waals surface area contributed by atoms with E-state index in [9.17, 15) is 9.59 Å². The molecule has 0 radical (unpaired) electrons. The lowest BCUT2D eigenvalue weighted by atomic mass is 10.4. The molecule has 0 aliphatic carbocycles. The summed E-state index contributed by atoms with van der Waals surface area (Å²) in [6.07, 6.45) is 3.13. The van der Waals surface area contributed by atoms with E-state index in [-0.39, 0.29) is 24.1 Å². The van der Waals surface area contributed by atoms with Gasteiger partial charge in [0.05, 0.1) is 5.25 Å². The lowest BCUT2D eigenvalue weighted by Gasteiger charge is -2.05. The number of aromatic nitrogens is 2. The average molecular weight is 224 g/mol. The minimum atomic E-state index is -0.448. The van der Waals surface area contributed by atoms with Gasteiger partial charge in [-0.15, -0.1) is 0 Å². The zero-order valence-corrected chi connectivity index (χ0v) is 8.45. The number of nitrogens with one attached hydrogen (secondary N) is 1. The third-order valence-electron chi connectivity index (χ3n) is 1.87. The van der Waals surface area contributed by atoms with Gasteiger partial charge in [0, 0.05) is 18.8 Å². The van der Waals surface area contributed by atoms with Crippen LogP contribution in [0.1, 0.15) is 6.42 Å². The van der Waals surface area contributed by atoms with Crippen molar-refractivity contribution in [2.45, 2.75) is 16.7 Å². The first-order valence-corrected chi connectivity index (χ1v) is 5.11. The van der Waals surface area contributed by atoms with E-state index in [1.54, 1.807) is 0 Å². The quantitative estimate of drug-likeness (QED) is 0.661. The highest BCUT2D eigenvalue weighted by Gasteiger charge is 2.32. The van der Waals surface area contributed by atoms with Crippen LogP contribution in [-0.4, -0.2) is 27.0 Å². The van der Waals surface area contributed by atoms with Crippen LogP contribution >= 0.6 is 11.8 Å². The SMILES string of the molecule is Nc1nccnc1SC1CC(=O)NC1=O. The Balaban J connectivity index is 2.13. The molecule has 1 aliphatic rings. The number of rotatable bonds is 2. The molecular formula is C8H8N4O2S. The molecule has 2 heterocycles. The summed E-state index contributed by atoms with van der Waals surface area (Å²) in [5.41, 5.74) is 5.57. The van der Waals surface area contributed by atoms with Crippen LogP contribution in [0.25, 0.3) is 0 Å². The molecule has 1 aromatic rings. The fraction of sp³-hybridized carbons (Fsp3) is 0.250. The number of amides is 2. The van der Waals surface area contributed by atoms with E-state index in [4.69, 9.17) is 5.73 Å². The smallest absolute Gasteiger partial charge is 0.240 e. The van der Waals surface area contributed by atoms with Crippen molar-refractivity contribution in [1.29, 1.82) is 0 Å². The highest BCUT2D eigenvalue weighted by atomic mass is 32.2. The maximum absolute atomic E-state index is 11.3. The highest BCUT2D eigenvalue weighted by Crippen LogP contribution is 2.28. The van der Waals surface area contributed by atoms with Gasteiger partial charge in [-0.05, 0) is 0 Å². The van der Waals surface area contributed by atoms with E-state index in [1.807, 2.05) is 0 Å². The van der Waals surface area contributed by atoms with Crippen molar-refractivity contribution in [3.8, 4) is 0 Å². The molecule has 1 unspecified atom stereocenters. The van der Waals surface area contributed by atoms with Gasteiger partial charge in [-0.2, -0.15) is 0 Å². The van der Waals surface area contributed by atoms with Crippen LogP contribution in [0.2, 0.25) is 0 Å². The monoisotopic (exact) mass is 224 g/mol. The number of carbonyl (C=O) groups is 2. The van der Waals surface area contributed by atoms with E-state index < -0.39 is 5.25 Å². The third kappa shape index (κ3) is 2.07. The summed E-state index contributed by atoms with van der Waals surface area (Å²) in [4.78, 5) is 30.0. The van der Waals surface area contributed by atoms with Crippen molar-refractivity contribution < 1.29 is 9.59 Å². The van der Waals surface area contributed by atoms with Gasteiger partial charge in [0.2, 0.25) is 11.8 Å². The molecule has 2 amide bonds. The minimum absolute atomic E-state index is 0.166. The Morgan fingerprint density at radius 2 is 2.13 bits per heavy atom. The van der Waals surface area contributed by atoms with Crippen LogP contribution in [0.5, 0.6) is 0 Å². The first kappa shape index (κ1) is 9.91. The molecule has 0 spiro atoms. The van der Waals surface area contributed by atoms with Crippen LogP contribution in [0.3, 0.4) is 0 Å². The Hall–Kier alpha value is -1.63. The second-order valence-corrected chi connectivity index (χ2v) is 4.16. The molecule has 1 aromatic heterocycles. The number of imide groups is 1. The van der Waals surface area contributed by atoms with Crippen molar-refractivity contribution in [3.05, 3.63) is 12.4 Å². The van der Waals surface area contributed by atoms with Crippen molar-refractivity contribution in [2.75, 3.05) is 5.73 Å². The molecule has 6 nitrogen and oxygen atoms in total. The van der Waals surface area contributed by atoms with E-state index in [2.05, 4.69) is 15.3 Å². The molecule has 1 fully saturated rings. The maximum atomic E-state index is 11.3. The lowest BCUT2D eigenvalue weighted by molar-refractivity contribution is -0.124. The summed E-state index contributed by atoms with van der Waals surface area (Å²) in [7, 11) is 0. The summed E-state index contributed by atoms with van der Waals surface area (Å²) in [5.74, 6) is -0.287. The van der Waals surface area contributed by atoms with Crippen molar-refractivity contribution in [1.82, 2.24) is 15.3 Å². The van der Waals surface area contributed by atoms with Gasteiger partial charge >= 0.3 is 0 Å². The number of carbonyl (C=O) groups excluding carboxylic acids is 2. The molecule has 1 saturated heterocycles. The number of thioether (sulfide) groups is 1. The molecule has 0 saturated carbocycles. The molecule has 78 valence electrons. The molecule has 0 bridgehead atoms. The molecule has 1 aliphatic heterocycles. The number of hydrogen-bond acceptors (Lipinski definition) is 6. The van der Waals surface area contributed by atoms with Gasteiger partial charge in [-0.1, -0.05) is 11.8 Å². The highest BCUT2D eigenvalue weighted by molar-refractivity contribution is 8.00. The predicted molar refractivity (Wildman–Crippen MR) is 53.9 cm³/mol. The number of hydrogen-bond donors (Lipinski definition) is 2. The fourth-order valence-electron chi connectivity index (χ4n) is 1.19. The Bertz CT molecular complexity index is 423. The van der Waals surface area contributed by atoms with Crippen molar-refractivity contribution >= 4 is 29.4 Å². The molecule has 1 atom stereocenters. The third-order valence-corrected chi connectivity index (χ3v) is 3.07. The van der Waals surface area contributed by atoms with E-state index in [0.29, 0.717) is 5.03 Å². The molecule has 3 N–H and O–H groups in total. The van der Waals surface area contributed by atoms with Gasteiger partial charge in [0.15, 0.2) is 5.82 Å². The van der Waals surface area contributed by atoms with Crippen LogP contribution < -0.4 is 11.1 Å². The summed E-state index contributed by atoms with van der Waals surface area (Å²) < 4.78 is 0. The summed E-state index contributed by atoms with van der Waals surface area (Å²) in [6.45, 7) is 0. The molecule has 2 rings (SSSR count). The number of anilines is 1. The van der Waals surface area contributed by atoms with E-state index >= 15 is 0 Å². The number of nitrogens with zero attached hydrogens (tertiary/aromatic N) is 2. The zero-order chi connectivity index (χ0) is 10.8. The predicted octanol–water partition coefficient (Wildman–Crippen LogP) is -0.434. The Kier molecular flexibility index (Phi) is 2.55. The normalized spacial score (nSPS) is 20.4. The van der Waals surface area contributed by atoms with Gasteiger partial charge in [-0.25, -0.2) is 9.97 Å². The molecule has 0 aromatic carbocycles. The van der Waals surface area contributed by atoms with Gasteiger partial charge < -0.3 is 5.73 Å². The maximum Gasteiger partial charge on any atom is 0.240 e. The lowest BCUT2D eigenvalue weighted by Crippen LogP contribution is -2.23. The second kappa shape index (κ2) is 3.85. The molecule has 7 heteroatoms. The second-order valence-electron chi connectivity index (χ2n) is 2.97. The molecule has 15 heavy (non-hydrogen) atoms.